The molecule has 1 radical (unpaired) electrons. The van der Waals surface area contributed by atoms with Crippen LogP contribution >= 0.6 is 0 Å². The predicted octanol–water partition coefficient (Wildman–Crippen LogP) is 4.19. The van der Waals surface area contributed by atoms with E-state index in [0.717, 1.165) is 0 Å². The van der Waals surface area contributed by atoms with Crippen molar-refractivity contribution in [3.63, 3.8) is 0 Å². The summed E-state index contributed by atoms with van der Waals surface area (Å²) >= 11 is 0. The van der Waals surface area contributed by atoms with Gasteiger partial charge in [0.25, 0.3) is 0 Å². The summed E-state index contributed by atoms with van der Waals surface area (Å²) in [4.78, 5) is 0. The van der Waals surface area contributed by atoms with Gasteiger partial charge in [0.05, 0.1) is 0 Å². The molecule has 2 rings (SSSR count). The summed E-state index contributed by atoms with van der Waals surface area (Å²) < 4.78 is 0. The molecule has 0 heterocycles. The molecule has 0 amide bonds. The molecular weight excluding hydrogens is 180 g/mol. The van der Waals surface area contributed by atoms with Crippen molar-refractivity contribution in [1.29, 1.82) is 0 Å². The van der Waals surface area contributed by atoms with Gasteiger partial charge in [-0.2, -0.15) is 0 Å². The van der Waals surface area contributed by atoms with Gasteiger partial charge < -0.3 is 0 Å². The maximum absolute atomic E-state index is 2.29. The van der Waals surface area contributed by atoms with Crippen molar-refractivity contribution in [2.75, 3.05) is 0 Å². The second-order valence-corrected chi connectivity index (χ2v) is 4.38. The third kappa shape index (κ3) is 2.20. The van der Waals surface area contributed by atoms with E-state index in [4.69, 9.17) is 0 Å². The molecule has 1 atom stereocenters. The van der Waals surface area contributed by atoms with E-state index in [-0.39, 0.29) is 0 Å². The molecule has 0 bridgehead atoms. The van der Waals surface area contributed by atoms with E-state index < -0.39 is 0 Å². The van der Waals surface area contributed by atoms with Crippen molar-refractivity contribution < 1.29 is 0 Å². The van der Waals surface area contributed by atoms with Crippen LogP contribution in [-0.4, -0.2) is 0 Å². The van der Waals surface area contributed by atoms with Gasteiger partial charge in [-0.3, -0.25) is 0 Å². The monoisotopic (exact) mass is 197 g/mol. The standard InChI is InChI=1S/C15H17/c1-11-4-7-14(8-5-11)15-9-6-12(2)10-13(15)3/h4-10,15H,1-3H3. The molecule has 0 saturated carbocycles. The Morgan fingerprint density at radius 3 is 2.20 bits per heavy atom. The van der Waals surface area contributed by atoms with Crippen molar-refractivity contribution in [1.82, 2.24) is 0 Å². The van der Waals surface area contributed by atoms with Gasteiger partial charge >= 0.3 is 0 Å². The Morgan fingerprint density at radius 2 is 1.60 bits per heavy atom. The maximum atomic E-state index is 2.29. The van der Waals surface area contributed by atoms with Crippen LogP contribution in [0.5, 0.6) is 0 Å². The number of rotatable bonds is 1. The van der Waals surface area contributed by atoms with Crippen LogP contribution in [0.1, 0.15) is 30.9 Å². The Hall–Kier alpha value is -1.30. The topological polar surface area (TPSA) is 0 Å². The number of benzene rings is 1. The number of aryl methyl sites for hydroxylation is 1. The SMILES string of the molecule is CC1=C[CH]C(c2ccc(C)cc2)C(C)=C1. The number of allylic oxidation sites excluding steroid dienone is 4. The summed E-state index contributed by atoms with van der Waals surface area (Å²) in [5.41, 5.74) is 5.48. The van der Waals surface area contributed by atoms with E-state index in [1.165, 1.54) is 22.3 Å². The van der Waals surface area contributed by atoms with E-state index in [9.17, 15) is 0 Å². The van der Waals surface area contributed by atoms with Crippen molar-refractivity contribution in [2.45, 2.75) is 26.7 Å². The summed E-state index contributed by atoms with van der Waals surface area (Å²) in [6.07, 6.45) is 6.76. The normalized spacial score (nSPS) is 20.9. The summed E-state index contributed by atoms with van der Waals surface area (Å²) in [6.45, 7) is 6.48. The fraction of sp³-hybridized carbons (Fsp3) is 0.267. The minimum atomic E-state index is 0.467. The van der Waals surface area contributed by atoms with Crippen LogP contribution in [0.3, 0.4) is 0 Å². The average Bonchev–Trinajstić information content (AvgIpc) is 2.20. The second kappa shape index (κ2) is 4.06. The first kappa shape index (κ1) is 10.2. The minimum Gasteiger partial charge on any atom is -0.0769 e. The molecule has 1 aliphatic rings. The third-order valence-electron chi connectivity index (χ3n) is 2.93. The van der Waals surface area contributed by atoms with E-state index in [0.29, 0.717) is 5.92 Å². The molecule has 77 valence electrons. The average molecular weight is 197 g/mol. The molecule has 0 heteroatoms. The van der Waals surface area contributed by atoms with Crippen molar-refractivity contribution in [2.24, 2.45) is 0 Å². The first-order valence-electron chi connectivity index (χ1n) is 5.43. The Morgan fingerprint density at radius 1 is 0.933 bits per heavy atom. The summed E-state index contributed by atoms with van der Waals surface area (Å²) in [7, 11) is 0. The van der Waals surface area contributed by atoms with Crippen LogP contribution in [0, 0.1) is 13.3 Å². The van der Waals surface area contributed by atoms with Crippen LogP contribution in [0.2, 0.25) is 0 Å². The predicted molar refractivity (Wildman–Crippen MR) is 65.7 cm³/mol. The van der Waals surface area contributed by atoms with Crippen LogP contribution in [0.25, 0.3) is 0 Å². The van der Waals surface area contributed by atoms with Gasteiger partial charge in [0, 0.05) is 5.92 Å². The largest absolute Gasteiger partial charge is 0.0769 e. The Kier molecular flexibility index (Phi) is 2.77. The van der Waals surface area contributed by atoms with Crippen LogP contribution in [0.4, 0.5) is 0 Å². The van der Waals surface area contributed by atoms with E-state index >= 15 is 0 Å². The van der Waals surface area contributed by atoms with Crippen molar-refractivity contribution >= 4 is 0 Å². The van der Waals surface area contributed by atoms with Crippen LogP contribution in [-0.2, 0) is 0 Å². The third-order valence-corrected chi connectivity index (χ3v) is 2.93. The minimum absolute atomic E-state index is 0.467. The van der Waals surface area contributed by atoms with Gasteiger partial charge in [-0.25, -0.2) is 0 Å². The lowest BCUT2D eigenvalue weighted by Crippen LogP contribution is -2.04. The molecular formula is C15H17. The number of hydrogen-bond donors (Lipinski definition) is 0. The van der Waals surface area contributed by atoms with Gasteiger partial charge in [-0.05, 0) is 32.8 Å². The molecule has 0 saturated heterocycles. The molecule has 0 aliphatic heterocycles. The van der Waals surface area contributed by atoms with E-state index in [2.05, 4.69) is 63.6 Å². The fourth-order valence-electron chi connectivity index (χ4n) is 2.04. The van der Waals surface area contributed by atoms with Gasteiger partial charge in [-0.1, -0.05) is 53.1 Å². The lowest BCUT2D eigenvalue weighted by Gasteiger charge is -2.20. The molecule has 1 aromatic carbocycles. The van der Waals surface area contributed by atoms with E-state index in [1.54, 1.807) is 0 Å². The van der Waals surface area contributed by atoms with Gasteiger partial charge in [-0.15, -0.1) is 0 Å². The molecule has 1 aromatic rings. The van der Waals surface area contributed by atoms with Crippen LogP contribution < -0.4 is 0 Å². The highest BCUT2D eigenvalue weighted by Gasteiger charge is 2.15. The molecule has 15 heavy (non-hydrogen) atoms. The fourth-order valence-corrected chi connectivity index (χ4v) is 2.04. The van der Waals surface area contributed by atoms with Gasteiger partial charge in [0.1, 0.15) is 0 Å². The quantitative estimate of drug-likeness (QED) is 0.633. The molecule has 0 nitrogen and oxygen atoms in total. The van der Waals surface area contributed by atoms with Gasteiger partial charge in [0.2, 0.25) is 0 Å². The summed E-state index contributed by atoms with van der Waals surface area (Å²) in [5.74, 6) is 0.467. The molecule has 1 unspecified atom stereocenters. The molecule has 1 aliphatic carbocycles. The lowest BCUT2D eigenvalue weighted by molar-refractivity contribution is 0.920. The first-order valence-corrected chi connectivity index (χ1v) is 5.43. The van der Waals surface area contributed by atoms with Crippen molar-refractivity contribution in [3.05, 3.63) is 65.1 Å². The highest BCUT2D eigenvalue weighted by atomic mass is 14.2. The first-order chi connectivity index (χ1) is 7.16. The molecule has 0 spiro atoms. The van der Waals surface area contributed by atoms with Crippen molar-refractivity contribution in [3.8, 4) is 0 Å². The van der Waals surface area contributed by atoms with Crippen LogP contribution in [0.15, 0.2) is 47.6 Å². The second-order valence-electron chi connectivity index (χ2n) is 4.38. The zero-order valence-corrected chi connectivity index (χ0v) is 9.62. The summed E-state index contributed by atoms with van der Waals surface area (Å²) in [5, 5.41) is 0. The van der Waals surface area contributed by atoms with Gasteiger partial charge in [0.15, 0.2) is 0 Å². The maximum Gasteiger partial charge on any atom is 0.0118 e. The highest BCUT2D eigenvalue weighted by Crippen LogP contribution is 2.31. The Balaban J connectivity index is 2.27. The summed E-state index contributed by atoms with van der Waals surface area (Å²) in [6, 6.07) is 8.81. The Bertz CT molecular complexity index is 404. The Labute approximate surface area is 92.3 Å². The molecule has 0 N–H and O–H groups in total. The number of hydrogen-bond acceptors (Lipinski definition) is 0. The zero-order chi connectivity index (χ0) is 10.8. The smallest absolute Gasteiger partial charge is 0.0118 e. The molecule has 0 aromatic heterocycles. The highest BCUT2D eigenvalue weighted by molar-refractivity contribution is 5.42. The lowest BCUT2D eigenvalue weighted by atomic mass is 9.84. The zero-order valence-electron chi connectivity index (χ0n) is 9.62. The van der Waals surface area contributed by atoms with E-state index in [1.807, 2.05) is 0 Å². The molecule has 0 fully saturated rings.